The zero-order chi connectivity index (χ0) is 9.68. The molecule has 0 aliphatic heterocycles. The summed E-state index contributed by atoms with van der Waals surface area (Å²) in [6.45, 7) is 2.42. The van der Waals surface area contributed by atoms with Crippen molar-refractivity contribution in [3.8, 4) is 0 Å². The zero-order valence-electron chi connectivity index (χ0n) is 7.58. The van der Waals surface area contributed by atoms with Crippen LogP contribution in [0, 0.1) is 0 Å². The molecular weight excluding hydrogens is 168 g/mol. The molecule has 0 aliphatic carbocycles. The maximum absolute atomic E-state index is 11.2. The van der Waals surface area contributed by atoms with Gasteiger partial charge in [0, 0.05) is 36.6 Å². The SMILES string of the molecule is CC(CO)NCc1c[nH]ccc1=O. The normalized spacial score (nSPS) is 12.8. The maximum Gasteiger partial charge on any atom is 0.186 e. The summed E-state index contributed by atoms with van der Waals surface area (Å²) in [5.41, 5.74) is 0.694. The van der Waals surface area contributed by atoms with E-state index < -0.39 is 0 Å². The zero-order valence-corrected chi connectivity index (χ0v) is 7.58. The van der Waals surface area contributed by atoms with Gasteiger partial charge in [-0.15, -0.1) is 0 Å². The Morgan fingerprint density at radius 2 is 2.46 bits per heavy atom. The molecule has 0 aliphatic rings. The molecule has 4 heteroatoms. The van der Waals surface area contributed by atoms with Crippen molar-refractivity contribution in [2.75, 3.05) is 6.61 Å². The third kappa shape index (κ3) is 3.01. The van der Waals surface area contributed by atoms with Crippen molar-refractivity contribution in [3.05, 3.63) is 34.2 Å². The van der Waals surface area contributed by atoms with Crippen LogP contribution in [0.2, 0.25) is 0 Å². The van der Waals surface area contributed by atoms with E-state index in [4.69, 9.17) is 5.11 Å². The predicted octanol–water partition coefficient (Wildman–Crippen LogP) is -0.155. The van der Waals surface area contributed by atoms with Crippen molar-refractivity contribution in [1.29, 1.82) is 0 Å². The van der Waals surface area contributed by atoms with E-state index in [-0.39, 0.29) is 18.1 Å². The van der Waals surface area contributed by atoms with Crippen LogP contribution in [-0.4, -0.2) is 22.7 Å². The number of hydrogen-bond donors (Lipinski definition) is 3. The molecule has 1 rings (SSSR count). The van der Waals surface area contributed by atoms with Gasteiger partial charge in [0.25, 0.3) is 0 Å². The molecule has 0 amide bonds. The van der Waals surface area contributed by atoms with Gasteiger partial charge in [-0.3, -0.25) is 4.79 Å². The van der Waals surface area contributed by atoms with Gasteiger partial charge in [-0.25, -0.2) is 0 Å². The van der Waals surface area contributed by atoms with Crippen molar-refractivity contribution in [3.63, 3.8) is 0 Å². The number of H-pyrrole nitrogens is 1. The summed E-state index contributed by atoms with van der Waals surface area (Å²) in [5, 5.41) is 11.8. The Bertz CT molecular complexity index is 308. The first-order chi connectivity index (χ1) is 6.24. The molecule has 1 unspecified atom stereocenters. The number of nitrogens with one attached hydrogen (secondary N) is 2. The Kier molecular flexibility index (Phi) is 3.67. The van der Waals surface area contributed by atoms with Crippen molar-refractivity contribution in [1.82, 2.24) is 10.3 Å². The van der Waals surface area contributed by atoms with Crippen molar-refractivity contribution in [2.24, 2.45) is 0 Å². The number of aromatic amines is 1. The standard InChI is InChI=1S/C9H14N2O2/c1-7(6-12)11-5-8-4-10-3-2-9(8)13/h2-4,7,11-12H,5-6H2,1H3,(H,10,13). The molecular formula is C9H14N2O2. The van der Waals surface area contributed by atoms with Crippen LogP contribution < -0.4 is 10.7 Å². The Morgan fingerprint density at radius 3 is 3.08 bits per heavy atom. The van der Waals surface area contributed by atoms with E-state index in [1.807, 2.05) is 6.92 Å². The molecule has 1 aromatic rings. The first-order valence-corrected chi connectivity index (χ1v) is 4.24. The van der Waals surface area contributed by atoms with E-state index in [1.165, 1.54) is 6.07 Å². The highest BCUT2D eigenvalue weighted by atomic mass is 16.3. The molecule has 13 heavy (non-hydrogen) atoms. The van der Waals surface area contributed by atoms with Gasteiger partial charge in [-0.2, -0.15) is 0 Å². The maximum atomic E-state index is 11.2. The van der Waals surface area contributed by atoms with Gasteiger partial charge in [-0.05, 0) is 6.92 Å². The fraction of sp³-hybridized carbons (Fsp3) is 0.444. The molecule has 0 fully saturated rings. The highest BCUT2D eigenvalue weighted by molar-refractivity contribution is 5.08. The first-order valence-electron chi connectivity index (χ1n) is 4.24. The molecule has 0 bridgehead atoms. The lowest BCUT2D eigenvalue weighted by Gasteiger charge is -2.09. The highest BCUT2D eigenvalue weighted by Crippen LogP contribution is 1.88. The molecule has 0 saturated heterocycles. The summed E-state index contributed by atoms with van der Waals surface area (Å²) in [7, 11) is 0. The van der Waals surface area contributed by atoms with Crippen LogP contribution in [0.4, 0.5) is 0 Å². The highest BCUT2D eigenvalue weighted by Gasteiger charge is 2.00. The number of aromatic nitrogens is 1. The molecule has 0 spiro atoms. The number of pyridine rings is 1. The second kappa shape index (κ2) is 4.79. The second-order valence-electron chi connectivity index (χ2n) is 3.00. The molecule has 72 valence electrons. The number of rotatable bonds is 4. The fourth-order valence-corrected chi connectivity index (χ4v) is 0.938. The number of hydrogen-bond acceptors (Lipinski definition) is 3. The van der Waals surface area contributed by atoms with Crippen LogP contribution in [0.3, 0.4) is 0 Å². The number of aliphatic hydroxyl groups excluding tert-OH is 1. The van der Waals surface area contributed by atoms with Crippen LogP contribution in [0.5, 0.6) is 0 Å². The third-order valence-electron chi connectivity index (χ3n) is 1.82. The van der Waals surface area contributed by atoms with E-state index in [2.05, 4.69) is 10.3 Å². The minimum Gasteiger partial charge on any atom is -0.395 e. The van der Waals surface area contributed by atoms with Gasteiger partial charge in [0.05, 0.1) is 6.61 Å². The fourth-order valence-electron chi connectivity index (χ4n) is 0.938. The Labute approximate surface area is 76.6 Å². The minimum absolute atomic E-state index is 0.0105. The minimum atomic E-state index is 0.0105. The van der Waals surface area contributed by atoms with Gasteiger partial charge in [0.2, 0.25) is 0 Å². The van der Waals surface area contributed by atoms with E-state index in [0.29, 0.717) is 12.1 Å². The molecule has 1 aromatic heterocycles. The van der Waals surface area contributed by atoms with Crippen LogP contribution in [0.25, 0.3) is 0 Å². The van der Waals surface area contributed by atoms with Gasteiger partial charge in [-0.1, -0.05) is 0 Å². The van der Waals surface area contributed by atoms with E-state index >= 15 is 0 Å². The van der Waals surface area contributed by atoms with Crippen molar-refractivity contribution < 1.29 is 5.11 Å². The summed E-state index contributed by atoms with van der Waals surface area (Å²) in [6, 6.07) is 1.50. The lowest BCUT2D eigenvalue weighted by Crippen LogP contribution is -2.30. The number of aliphatic hydroxyl groups is 1. The molecule has 0 aromatic carbocycles. The summed E-state index contributed by atoms with van der Waals surface area (Å²) in [6.07, 6.45) is 3.26. The van der Waals surface area contributed by atoms with E-state index in [9.17, 15) is 4.79 Å². The molecule has 1 heterocycles. The largest absolute Gasteiger partial charge is 0.395 e. The molecule has 0 saturated carbocycles. The van der Waals surface area contributed by atoms with E-state index in [1.54, 1.807) is 12.4 Å². The Morgan fingerprint density at radius 1 is 1.69 bits per heavy atom. The van der Waals surface area contributed by atoms with Crippen molar-refractivity contribution in [2.45, 2.75) is 19.5 Å². The first kappa shape index (κ1) is 9.95. The quantitative estimate of drug-likeness (QED) is 0.606. The predicted molar refractivity (Wildman–Crippen MR) is 50.5 cm³/mol. The average Bonchev–Trinajstić information content (AvgIpc) is 2.16. The van der Waals surface area contributed by atoms with Crippen LogP contribution >= 0.6 is 0 Å². The van der Waals surface area contributed by atoms with Crippen LogP contribution in [0.1, 0.15) is 12.5 Å². The summed E-state index contributed by atoms with van der Waals surface area (Å²) in [4.78, 5) is 14.0. The lowest BCUT2D eigenvalue weighted by atomic mass is 10.2. The lowest BCUT2D eigenvalue weighted by molar-refractivity contribution is 0.251. The molecule has 3 N–H and O–H groups in total. The van der Waals surface area contributed by atoms with Gasteiger partial charge >= 0.3 is 0 Å². The van der Waals surface area contributed by atoms with Gasteiger partial charge in [0.15, 0.2) is 5.43 Å². The van der Waals surface area contributed by atoms with Crippen LogP contribution in [0.15, 0.2) is 23.3 Å². The average molecular weight is 182 g/mol. The third-order valence-corrected chi connectivity index (χ3v) is 1.82. The Hall–Kier alpha value is -1.13. The van der Waals surface area contributed by atoms with Gasteiger partial charge < -0.3 is 15.4 Å². The summed E-state index contributed by atoms with van der Waals surface area (Å²) >= 11 is 0. The summed E-state index contributed by atoms with van der Waals surface area (Å²) < 4.78 is 0. The topological polar surface area (TPSA) is 65.1 Å². The molecule has 0 radical (unpaired) electrons. The Balaban J connectivity index is 2.55. The van der Waals surface area contributed by atoms with Crippen molar-refractivity contribution >= 4 is 0 Å². The molecule has 4 nitrogen and oxygen atoms in total. The summed E-state index contributed by atoms with van der Waals surface area (Å²) in [5.74, 6) is 0. The molecule has 1 atom stereocenters. The second-order valence-corrected chi connectivity index (χ2v) is 3.00. The monoisotopic (exact) mass is 182 g/mol. The van der Waals surface area contributed by atoms with E-state index in [0.717, 1.165) is 0 Å². The van der Waals surface area contributed by atoms with Gasteiger partial charge in [0.1, 0.15) is 0 Å². The smallest absolute Gasteiger partial charge is 0.186 e. The van der Waals surface area contributed by atoms with Crippen LogP contribution in [-0.2, 0) is 6.54 Å².